The second-order valence-corrected chi connectivity index (χ2v) is 4.23. The van der Waals surface area contributed by atoms with Gasteiger partial charge in [-0.05, 0) is 13.0 Å². The van der Waals surface area contributed by atoms with Crippen LogP contribution < -0.4 is 10.6 Å². The molecule has 4 nitrogen and oxygen atoms in total. The molecular formula is C14H18N2O2. The lowest BCUT2D eigenvalue weighted by molar-refractivity contribution is -0.120. The van der Waals surface area contributed by atoms with E-state index >= 15 is 0 Å². The molecule has 0 atom stereocenters. The Morgan fingerprint density at radius 1 is 1.33 bits per heavy atom. The van der Waals surface area contributed by atoms with Crippen molar-refractivity contribution in [3.05, 3.63) is 35.6 Å². The van der Waals surface area contributed by atoms with Crippen LogP contribution in [0.5, 0.6) is 0 Å². The summed E-state index contributed by atoms with van der Waals surface area (Å²) < 4.78 is 5.68. The zero-order valence-electron chi connectivity index (χ0n) is 10.7. The van der Waals surface area contributed by atoms with Crippen LogP contribution in [0.25, 0.3) is 11.0 Å². The number of para-hydroxylation sites is 1. The van der Waals surface area contributed by atoms with Gasteiger partial charge in [0.05, 0.1) is 0 Å². The van der Waals surface area contributed by atoms with Crippen LogP contribution in [0.3, 0.4) is 0 Å². The number of carbonyl (C=O) groups excluding carboxylic acids is 1. The van der Waals surface area contributed by atoms with Gasteiger partial charge in [0, 0.05) is 37.5 Å². The summed E-state index contributed by atoms with van der Waals surface area (Å²) in [4.78, 5) is 11.1. The summed E-state index contributed by atoms with van der Waals surface area (Å²) in [7, 11) is 1.65. The van der Waals surface area contributed by atoms with Gasteiger partial charge in [0.25, 0.3) is 0 Å². The predicted molar refractivity (Wildman–Crippen MR) is 71.3 cm³/mol. The van der Waals surface area contributed by atoms with Crippen molar-refractivity contribution >= 4 is 16.9 Å². The van der Waals surface area contributed by atoms with Crippen LogP contribution in [0.2, 0.25) is 0 Å². The minimum Gasteiger partial charge on any atom is -0.461 e. The first-order valence-electron chi connectivity index (χ1n) is 6.10. The fraction of sp³-hybridized carbons (Fsp3) is 0.357. The van der Waals surface area contributed by atoms with Gasteiger partial charge in [-0.25, -0.2) is 0 Å². The molecule has 0 spiro atoms. The Bertz CT molecular complexity index is 546. The maximum Gasteiger partial charge on any atom is 0.221 e. The molecule has 1 aromatic carbocycles. The highest BCUT2D eigenvalue weighted by atomic mass is 16.3. The van der Waals surface area contributed by atoms with Crippen LogP contribution in [-0.4, -0.2) is 19.5 Å². The first-order chi connectivity index (χ1) is 8.72. The summed E-state index contributed by atoms with van der Waals surface area (Å²) in [6.07, 6.45) is 0.491. The largest absolute Gasteiger partial charge is 0.461 e. The minimum absolute atomic E-state index is 0.0521. The monoisotopic (exact) mass is 246 g/mol. The van der Waals surface area contributed by atoms with Gasteiger partial charge in [0.2, 0.25) is 5.91 Å². The van der Waals surface area contributed by atoms with Crippen molar-refractivity contribution < 1.29 is 9.21 Å². The first-order valence-corrected chi connectivity index (χ1v) is 6.10. The Balaban J connectivity index is 1.99. The van der Waals surface area contributed by atoms with E-state index in [0.29, 0.717) is 13.0 Å². The van der Waals surface area contributed by atoms with E-state index in [1.54, 1.807) is 7.05 Å². The van der Waals surface area contributed by atoms with Gasteiger partial charge in [-0.15, -0.1) is 0 Å². The highest BCUT2D eigenvalue weighted by Gasteiger charge is 2.09. The molecule has 0 radical (unpaired) electrons. The predicted octanol–water partition coefficient (Wildman–Crippen LogP) is 1.97. The van der Waals surface area contributed by atoms with Crippen LogP contribution in [-0.2, 0) is 11.3 Å². The molecule has 2 rings (SSSR count). The maximum absolute atomic E-state index is 11.1. The minimum atomic E-state index is 0.0521. The molecule has 0 aliphatic heterocycles. The van der Waals surface area contributed by atoms with Gasteiger partial charge in [-0.1, -0.05) is 18.2 Å². The average Bonchev–Trinajstić information content (AvgIpc) is 2.70. The van der Waals surface area contributed by atoms with E-state index in [0.717, 1.165) is 23.3 Å². The van der Waals surface area contributed by atoms with Gasteiger partial charge in [-0.2, -0.15) is 0 Å². The summed E-state index contributed by atoms with van der Waals surface area (Å²) in [5.74, 6) is 0.986. The Hall–Kier alpha value is -1.81. The molecule has 96 valence electrons. The normalized spacial score (nSPS) is 10.8. The van der Waals surface area contributed by atoms with Crippen molar-refractivity contribution in [2.24, 2.45) is 0 Å². The molecule has 1 aromatic heterocycles. The molecule has 0 bridgehead atoms. The molecule has 2 N–H and O–H groups in total. The van der Waals surface area contributed by atoms with E-state index in [1.165, 1.54) is 5.56 Å². The molecule has 1 amide bonds. The zero-order chi connectivity index (χ0) is 13.0. The number of carbonyl (C=O) groups is 1. The van der Waals surface area contributed by atoms with Crippen molar-refractivity contribution in [3.63, 3.8) is 0 Å². The van der Waals surface area contributed by atoms with Crippen LogP contribution >= 0.6 is 0 Å². The highest BCUT2D eigenvalue weighted by molar-refractivity contribution is 5.82. The molecule has 0 aliphatic rings. The van der Waals surface area contributed by atoms with Gasteiger partial charge < -0.3 is 15.1 Å². The number of aryl methyl sites for hydroxylation is 1. The van der Waals surface area contributed by atoms with E-state index in [-0.39, 0.29) is 5.91 Å². The lowest BCUT2D eigenvalue weighted by Crippen LogP contribution is -2.24. The summed E-state index contributed by atoms with van der Waals surface area (Å²) in [5.41, 5.74) is 2.08. The van der Waals surface area contributed by atoms with Crippen LogP contribution in [0.1, 0.15) is 17.7 Å². The Kier molecular flexibility index (Phi) is 3.99. The summed E-state index contributed by atoms with van der Waals surface area (Å²) in [6, 6.07) is 8.00. The lowest BCUT2D eigenvalue weighted by atomic mass is 10.1. The highest BCUT2D eigenvalue weighted by Crippen LogP contribution is 2.24. The summed E-state index contributed by atoms with van der Waals surface area (Å²) >= 11 is 0. The van der Waals surface area contributed by atoms with Crippen molar-refractivity contribution in [3.8, 4) is 0 Å². The molecule has 0 saturated heterocycles. The first kappa shape index (κ1) is 12.6. The summed E-state index contributed by atoms with van der Waals surface area (Å²) in [6.45, 7) is 3.36. The van der Waals surface area contributed by atoms with Crippen molar-refractivity contribution in [2.45, 2.75) is 19.9 Å². The quantitative estimate of drug-likeness (QED) is 0.793. The fourth-order valence-electron chi connectivity index (χ4n) is 1.98. The number of amides is 1. The van der Waals surface area contributed by atoms with Crippen LogP contribution in [0.4, 0.5) is 0 Å². The second kappa shape index (κ2) is 5.69. The van der Waals surface area contributed by atoms with Crippen molar-refractivity contribution in [2.75, 3.05) is 13.6 Å². The van der Waals surface area contributed by atoms with Crippen LogP contribution in [0, 0.1) is 6.92 Å². The molecule has 0 saturated carbocycles. The number of hydrogen-bond donors (Lipinski definition) is 2. The van der Waals surface area contributed by atoms with E-state index in [1.807, 2.05) is 25.1 Å². The third-order valence-corrected chi connectivity index (χ3v) is 3.01. The number of benzene rings is 1. The van der Waals surface area contributed by atoms with Gasteiger partial charge in [0.15, 0.2) is 0 Å². The van der Waals surface area contributed by atoms with E-state index in [2.05, 4.69) is 16.7 Å². The molecule has 2 aromatic rings. The average molecular weight is 246 g/mol. The smallest absolute Gasteiger partial charge is 0.221 e. The molecule has 18 heavy (non-hydrogen) atoms. The molecule has 0 unspecified atom stereocenters. The number of nitrogens with one attached hydrogen (secondary N) is 2. The van der Waals surface area contributed by atoms with Crippen molar-refractivity contribution in [1.29, 1.82) is 0 Å². The molecule has 1 heterocycles. The number of hydrogen-bond acceptors (Lipinski definition) is 3. The SMILES string of the molecule is CNC(=O)CCNCc1c(C)oc2ccccc12. The Morgan fingerprint density at radius 3 is 2.89 bits per heavy atom. The van der Waals surface area contributed by atoms with E-state index < -0.39 is 0 Å². The fourth-order valence-corrected chi connectivity index (χ4v) is 1.98. The number of furan rings is 1. The standard InChI is InChI=1S/C14H18N2O2/c1-10-12(9-16-8-7-14(17)15-2)11-5-3-4-6-13(11)18-10/h3-6,16H,7-9H2,1-2H3,(H,15,17). The number of rotatable bonds is 5. The van der Waals surface area contributed by atoms with E-state index in [9.17, 15) is 4.79 Å². The molecular weight excluding hydrogens is 228 g/mol. The number of fused-ring (bicyclic) bond motifs is 1. The lowest BCUT2D eigenvalue weighted by Gasteiger charge is -2.03. The molecule has 0 fully saturated rings. The van der Waals surface area contributed by atoms with Gasteiger partial charge in [-0.3, -0.25) is 4.79 Å². The third-order valence-electron chi connectivity index (χ3n) is 3.01. The topological polar surface area (TPSA) is 54.3 Å². The second-order valence-electron chi connectivity index (χ2n) is 4.23. The van der Waals surface area contributed by atoms with Crippen molar-refractivity contribution in [1.82, 2.24) is 10.6 Å². The van der Waals surface area contributed by atoms with Gasteiger partial charge >= 0.3 is 0 Å². The van der Waals surface area contributed by atoms with E-state index in [4.69, 9.17) is 4.42 Å². The maximum atomic E-state index is 11.1. The van der Waals surface area contributed by atoms with Crippen LogP contribution in [0.15, 0.2) is 28.7 Å². The molecule has 4 heteroatoms. The molecule has 0 aliphatic carbocycles. The summed E-state index contributed by atoms with van der Waals surface area (Å²) in [5, 5.41) is 7.01. The Labute approximate surface area is 106 Å². The van der Waals surface area contributed by atoms with Gasteiger partial charge in [0.1, 0.15) is 11.3 Å². The Morgan fingerprint density at radius 2 is 2.11 bits per heavy atom. The third kappa shape index (κ3) is 2.71. The zero-order valence-corrected chi connectivity index (χ0v) is 10.7.